The highest BCUT2D eigenvalue weighted by Gasteiger charge is 2.31. The van der Waals surface area contributed by atoms with Crippen molar-refractivity contribution < 1.29 is 30.0 Å². The number of amides is 1. The highest BCUT2D eigenvalue weighted by atomic mass is 16.4. The summed E-state index contributed by atoms with van der Waals surface area (Å²) in [6, 6.07) is -1.07. The number of aliphatic hydroxyl groups excluding tert-OH is 3. The van der Waals surface area contributed by atoms with Gasteiger partial charge in [0.15, 0.2) is 0 Å². The number of nitrogens with two attached hydrogens (primary N) is 1. The number of rotatable bonds is 8. The minimum Gasteiger partial charge on any atom is -0.481 e. The largest absolute Gasteiger partial charge is 0.481 e. The van der Waals surface area contributed by atoms with Crippen LogP contribution >= 0.6 is 0 Å². The molecule has 0 aliphatic rings. The van der Waals surface area contributed by atoms with E-state index in [0.717, 1.165) is 0 Å². The van der Waals surface area contributed by atoms with E-state index in [-0.39, 0.29) is 12.8 Å². The second kappa shape index (κ2) is 7.17. The summed E-state index contributed by atoms with van der Waals surface area (Å²) >= 11 is 0. The number of carbonyl (C=O) groups excluding carboxylic acids is 1. The van der Waals surface area contributed by atoms with Crippen LogP contribution in [0.2, 0.25) is 0 Å². The van der Waals surface area contributed by atoms with E-state index >= 15 is 0 Å². The van der Waals surface area contributed by atoms with Crippen LogP contribution < -0.4 is 11.1 Å². The van der Waals surface area contributed by atoms with Gasteiger partial charge in [0, 0.05) is 6.42 Å². The highest BCUT2D eigenvalue weighted by molar-refractivity contribution is 5.82. The van der Waals surface area contributed by atoms with Crippen molar-refractivity contribution in [2.45, 2.75) is 24.4 Å². The summed E-state index contributed by atoms with van der Waals surface area (Å²) in [5, 5.41) is 37.5. The van der Waals surface area contributed by atoms with Crippen LogP contribution in [0.25, 0.3) is 0 Å². The summed E-state index contributed by atoms with van der Waals surface area (Å²) in [6.45, 7) is -1.97. The molecule has 0 aliphatic carbocycles. The van der Waals surface area contributed by atoms with Gasteiger partial charge in [-0.2, -0.15) is 0 Å². The maximum Gasteiger partial charge on any atom is 0.303 e. The Labute approximate surface area is 98.0 Å². The van der Waals surface area contributed by atoms with E-state index in [9.17, 15) is 9.59 Å². The van der Waals surface area contributed by atoms with Gasteiger partial charge in [-0.05, 0) is 6.42 Å². The Kier molecular flexibility index (Phi) is 6.66. The first-order chi connectivity index (χ1) is 7.90. The average molecular weight is 250 g/mol. The molecule has 1 amide bonds. The van der Waals surface area contributed by atoms with E-state index in [4.69, 9.17) is 26.2 Å². The van der Waals surface area contributed by atoms with Gasteiger partial charge >= 0.3 is 5.97 Å². The monoisotopic (exact) mass is 250 g/mol. The Morgan fingerprint density at radius 2 is 1.65 bits per heavy atom. The second-order valence-corrected chi connectivity index (χ2v) is 3.78. The quantitative estimate of drug-likeness (QED) is 0.268. The van der Waals surface area contributed by atoms with Gasteiger partial charge < -0.3 is 31.5 Å². The first-order valence-electron chi connectivity index (χ1n) is 5.03. The van der Waals surface area contributed by atoms with Crippen molar-refractivity contribution in [3.8, 4) is 0 Å². The molecule has 0 saturated carbocycles. The normalized spacial score (nSPS) is 13.2. The molecular weight excluding hydrogens is 232 g/mol. The maximum absolute atomic E-state index is 11.5. The molecule has 8 heteroatoms. The number of hydrogen-bond donors (Lipinski definition) is 6. The number of carboxylic acids is 1. The third-order valence-electron chi connectivity index (χ3n) is 2.30. The van der Waals surface area contributed by atoms with Gasteiger partial charge in [0.05, 0.1) is 25.9 Å². The Morgan fingerprint density at radius 3 is 2.00 bits per heavy atom. The minimum absolute atomic E-state index is 0.0699. The lowest BCUT2D eigenvalue weighted by Crippen LogP contribution is -2.60. The molecule has 0 spiro atoms. The zero-order chi connectivity index (χ0) is 13.5. The van der Waals surface area contributed by atoms with E-state index < -0.39 is 43.3 Å². The van der Waals surface area contributed by atoms with E-state index in [1.807, 2.05) is 0 Å². The molecule has 7 N–H and O–H groups in total. The summed E-state index contributed by atoms with van der Waals surface area (Å²) in [6.07, 6.45) is -0.335. The lowest BCUT2D eigenvalue weighted by Gasteiger charge is -2.29. The van der Waals surface area contributed by atoms with Crippen molar-refractivity contribution in [2.24, 2.45) is 5.73 Å². The van der Waals surface area contributed by atoms with E-state index in [2.05, 4.69) is 5.32 Å². The topological polar surface area (TPSA) is 153 Å². The molecule has 0 saturated heterocycles. The smallest absolute Gasteiger partial charge is 0.303 e. The molecule has 0 aromatic rings. The molecular formula is C9H18N2O6. The second-order valence-electron chi connectivity index (χ2n) is 3.78. The van der Waals surface area contributed by atoms with Crippen LogP contribution in [-0.4, -0.2) is 63.7 Å². The van der Waals surface area contributed by atoms with Gasteiger partial charge in [-0.25, -0.2) is 0 Å². The van der Waals surface area contributed by atoms with E-state index in [1.165, 1.54) is 0 Å². The fourth-order valence-corrected chi connectivity index (χ4v) is 1.03. The van der Waals surface area contributed by atoms with E-state index in [1.54, 1.807) is 0 Å². The zero-order valence-corrected chi connectivity index (χ0v) is 9.30. The number of carbonyl (C=O) groups is 2. The maximum atomic E-state index is 11.5. The summed E-state index contributed by atoms with van der Waals surface area (Å²) in [5.74, 6) is -1.81. The van der Waals surface area contributed by atoms with E-state index in [0.29, 0.717) is 0 Å². The fourth-order valence-electron chi connectivity index (χ4n) is 1.03. The van der Waals surface area contributed by atoms with Gasteiger partial charge in [-0.1, -0.05) is 0 Å². The van der Waals surface area contributed by atoms with Crippen LogP contribution in [0.3, 0.4) is 0 Å². The average Bonchev–Trinajstić information content (AvgIpc) is 2.32. The third kappa shape index (κ3) is 5.09. The molecule has 0 heterocycles. The summed E-state index contributed by atoms with van der Waals surface area (Å²) in [7, 11) is 0. The summed E-state index contributed by atoms with van der Waals surface area (Å²) < 4.78 is 0. The van der Waals surface area contributed by atoms with Gasteiger partial charge in [-0.15, -0.1) is 0 Å². The van der Waals surface area contributed by atoms with Crippen LogP contribution in [0.1, 0.15) is 12.8 Å². The molecule has 1 atom stereocenters. The van der Waals surface area contributed by atoms with Crippen LogP contribution in [0.15, 0.2) is 0 Å². The SMILES string of the molecule is NC(CCC(=O)O)C(=O)NC(CO)(CO)CO. The lowest BCUT2D eigenvalue weighted by atomic mass is 10.0. The van der Waals surface area contributed by atoms with Gasteiger partial charge in [0.2, 0.25) is 5.91 Å². The Hall–Kier alpha value is -1.22. The predicted molar refractivity (Wildman–Crippen MR) is 57.0 cm³/mol. The molecule has 17 heavy (non-hydrogen) atoms. The van der Waals surface area contributed by atoms with Crippen molar-refractivity contribution in [1.82, 2.24) is 5.32 Å². The van der Waals surface area contributed by atoms with Crippen LogP contribution in [-0.2, 0) is 9.59 Å². The van der Waals surface area contributed by atoms with Crippen molar-refractivity contribution in [1.29, 1.82) is 0 Å². The standard InChI is InChI=1S/C9H18N2O6/c10-6(1-2-7(15)16)8(17)11-9(3-12,4-13)5-14/h6,12-14H,1-5,10H2,(H,11,17)(H,15,16). The molecule has 0 aromatic carbocycles. The first kappa shape index (κ1) is 15.8. The van der Waals surface area contributed by atoms with Crippen LogP contribution in [0.5, 0.6) is 0 Å². The molecule has 0 aromatic heterocycles. The van der Waals surface area contributed by atoms with Gasteiger partial charge in [0.1, 0.15) is 5.54 Å². The van der Waals surface area contributed by atoms with Gasteiger partial charge in [-0.3, -0.25) is 9.59 Å². The van der Waals surface area contributed by atoms with Crippen molar-refractivity contribution in [3.05, 3.63) is 0 Å². The molecule has 0 rings (SSSR count). The number of hydrogen-bond acceptors (Lipinski definition) is 6. The number of aliphatic carboxylic acids is 1. The minimum atomic E-state index is -1.54. The number of carboxylic acid groups (broad SMARTS) is 1. The Morgan fingerprint density at radius 1 is 1.18 bits per heavy atom. The molecule has 1 unspecified atom stereocenters. The summed E-state index contributed by atoms with van der Waals surface area (Å²) in [5.41, 5.74) is 3.87. The van der Waals surface area contributed by atoms with Gasteiger partial charge in [0.25, 0.3) is 0 Å². The Balaban J connectivity index is 4.35. The van der Waals surface area contributed by atoms with Crippen molar-refractivity contribution in [3.63, 3.8) is 0 Å². The van der Waals surface area contributed by atoms with Crippen molar-refractivity contribution in [2.75, 3.05) is 19.8 Å². The fraction of sp³-hybridized carbons (Fsp3) is 0.778. The molecule has 0 aliphatic heterocycles. The molecule has 100 valence electrons. The molecule has 0 radical (unpaired) electrons. The first-order valence-corrected chi connectivity index (χ1v) is 5.03. The highest BCUT2D eigenvalue weighted by Crippen LogP contribution is 2.03. The predicted octanol–water partition coefficient (Wildman–Crippen LogP) is -2.99. The van der Waals surface area contributed by atoms with Crippen LogP contribution in [0.4, 0.5) is 0 Å². The zero-order valence-electron chi connectivity index (χ0n) is 9.30. The number of nitrogens with one attached hydrogen (secondary N) is 1. The third-order valence-corrected chi connectivity index (χ3v) is 2.30. The van der Waals surface area contributed by atoms with Crippen LogP contribution in [0, 0.1) is 0 Å². The van der Waals surface area contributed by atoms with Crippen molar-refractivity contribution >= 4 is 11.9 Å². The lowest BCUT2D eigenvalue weighted by molar-refractivity contribution is -0.137. The molecule has 8 nitrogen and oxygen atoms in total. The Bertz CT molecular complexity index is 258. The molecule has 0 fully saturated rings. The summed E-state index contributed by atoms with van der Waals surface area (Å²) in [4.78, 5) is 21.8. The molecule has 0 bridgehead atoms. The number of aliphatic hydroxyl groups is 3.